The van der Waals surface area contributed by atoms with E-state index in [1.807, 2.05) is 0 Å². The van der Waals surface area contributed by atoms with Gasteiger partial charge >= 0.3 is 0 Å². The van der Waals surface area contributed by atoms with Crippen molar-refractivity contribution in [1.82, 2.24) is 13.9 Å². The van der Waals surface area contributed by atoms with Crippen molar-refractivity contribution >= 4 is 32.5 Å². The number of fused-ring (bicyclic) bond motifs is 1. The van der Waals surface area contributed by atoms with Crippen LogP contribution < -0.4 is 16.4 Å². The van der Waals surface area contributed by atoms with Crippen molar-refractivity contribution in [3.63, 3.8) is 0 Å². The van der Waals surface area contributed by atoms with Crippen molar-refractivity contribution in [3.05, 3.63) is 68.9 Å². The van der Waals surface area contributed by atoms with Crippen molar-refractivity contribution in [2.45, 2.75) is 18.4 Å². The van der Waals surface area contributed by atoms with Gasteiger partial charge in [0.1, 0.15) is 0 Å². The first-order valence-electron chi connectivity index (χ1n) is 10.1. The fourth-order valence-electron chi connectivity index (χ4n) is 3.57. The highest BCUT2D eigenvalue weighted by Crippen LogP contribution is 2.24. The maximum absolute atomic E-state index is 13.0. The monoisotopic (exact) mass is 458 g/mol. The fourth-order valence-corrected chi connectivity index (χ4v) is 5.00. The Hall–Kier alpha value is -3.28. The molecule has 4 rings (SSSR count). The van der Waals surface area contributed by atoms with Gasteiger partial charge in [-0.2, -0.15) is 4.31 Å². The van der Waals surface area contributed by atoms with Crippen LogP contribution in [0.3, 0.4) is 0 Å². The number of H-pyrrole nitrogens is 1. The SMILES string of the molecule is CCn1cc(NC(=O)c2cc(=O)[nH]c3ccc(S(=O)(=O)N4CCOCC4)cc23)ccc1=O. The van der Waals surface area contributed by atoms with Crippen LogP contribution in [0.25, 0.3) is 10.9 Å². The lowest BCUT2D eigenvalue weighted by molar-refractivity contribution is 0.0730. The molecule has 1 aliphatic rings. The number of morpholine rings is 1. The molecular formula is C21H22N4O6S. The number of rotatable bonds is 5. The molecule has 32 heavy (non-hydrogen) atoms. The Bertz CT molecular complexity index is 1400. The van der Waals surface area contributed by atoms with Crippen LogP contribution in [0.5, 0.6) is 0 Å². The molecule has 11 heteroatoms. The number of hydrogen-bond donors (Lipinski definition) is 2. The molecule has 10 nitrogen and oxygen atoms in total. The van der Waals surface area contributed by atoms with Crippen LogP contribution in [0.15, 0.2) is 57.1 Å². The third kappa shape index (κ3) is 4.22. The van der Waals surface area contributed by atoms with E-state index in [9.17, 15) is 22.8 Å². The third-order valence-corrected chi connectivity index (χ3v) is 7.14. The number of nitrogens with one attached hydrogen (secondary N) is 2. The molecule has 0 aliphatic carbocycles. The van der Waals surface area contributed by atoms with Crippen molar-refractivity contribution in [3.8, 4) is 0 Å². The number of aryl methyl sites for hydroxylation is 1. The summed E-state index contributed by atoms with van der Waals surface area (Å²) in [4.78, 5) is 39.5. The quantitative estimate of drug-likeness (QED) is 0.586. The lowest BCUT2D eigenvalue weighted by atomic mass is 10.1. The highest BCUT2D eigenvalue weighted by molar-refractivity contribution is 7.89. The Morgan fingerprint density at radius 3 is 2.59 bits per heavy atom. The predicted molar refractivity (Wildman–Crippen MR) is 118 cm³/mol. The fraction of sp³-hybridized carbons (Fsp3) is 0.286. The minimum atomic E-state index is -3.79. The van der Waals surface area contributed by atoms with Crippen molar-refractivity contribution in [2.75, 3.05) is 31.6 Å². The molecule has 1 fully saturated rings. The first-order chi connectivity index (χ1) is 15.3. The maximum Gasteiger partial charge on any atom is 0.256 e. The Kier molecular flexibility index (Phi) is 5.96. The van der Waals surface area contributed by atoms with Crippen molar-refractivity contribution in [1.29, 1.82) is 0 Å². The number of pyridine rings is 2. The summed E-state index contributed by atoms with van der Waals surface area (Å²) >= 11 is 0. The van der Waals surface area contributed by atoms with E-state index in [0.717, 1.165) is 6.07 Å². The molecule has 0 unspecified atom stereocenters. The van der Waals surface area contributed by atoms with Crippen molar-refractivity contribution in [2.24, 2.45) is 0 Å². The number of carbonyl (C=O) groups is 1. The molecule has 3 heterocycles. The summed E-state index contributed by atoms with van der Waals surface area (Å²) in [7, 11) is -3.79. The minimum Gasteiger partial charge on any atom is -0.379 e. The zero-order valence-corrected chi connectivity index (χ0v) is 18.1. The molecule has 0 atom stereocenters. The van der Waals surface area contributed by atoms with Crippen LogP contribution in [0.1, 0.15) is 17.3 Å². The molecule has 0 saturated carbocycles. The number of aromatic amines is 1. The maximum atomic E-state index is 13.0. The summed E-state index contributed by atoms with van der Waals surface area (Å²) in [6.45, 7) is 3.34. The van der Waals surface area contributed by atoms with Gasteiger partial charge in [0.05, 0.1) is 29.4 Å². The lowest BCUT2D eigenvalue weighted by Gasteiger charge is -2.26. The van der Waals surface area contributed by atoms with E-state index in [0.29, 0.717) is 36.3 Å². The number of hydrogen-bond acceptors (Lipinski definition) is 6. The first-order valence-corrected chi connectivity index (χ1v) is 11.5. The van der Waals surface area contributed by atoms with E-state index in [1.165, 1.54) is 45.4 Å². The predicted octanol–water partition coefficient (Wildman–Crippen LogP) is 0.983. The molecular weight excluding hydrogens is 436 g/mol. The van der Waals surface area contributed by atoms with Crippen molar-refractivity contribution < 1.29 is 17.9 Å². The zero-order valence-electron chi connectivity index (χ0n) is 17.3. The Balaban J connectivity index is 1.75. The smallest absolute Gasteiger partial charge is 0.256 e. The summed E-state index contributed by atoms with van der Waals surface area (Å²) < 4.78 is 34.1. The van der Waals surface area contributed by atoms with Gasteiger partial charge in [-0.25, -0.2) is 8.42 Å². The second kappa shape index (κ2) is 8.69. The van der Waals surface area contributed by atoms with Crippen LogP contribution in [0, 0.1) is 0 Å². The number of carbonyl (C=O) groups excluding carboxylic acids is 1. The van der Waals surface area contributed by atoms with Crippen LogP contribution in [0.4, 0.5) is 5.69 Å². The summed E-state index contributed by atoms with van der Waals surface area (Å²) in [5.41, 5.74) is 0.0381. The van der Waals surface area contributed by atoms with Gasteiger partial charge < -0.3 is 19.6 Å². The number of aromatic nitrogens is 2. The van der Waals surface area contributed by atoms with E-state index in [1.54, 1.807) is 6.92 Å². The second-order valence-electron chi connectivity index (χ2n) is 7.27. The topological polar surface area (TPSA) is 131 Å². The number of sulfonamides is 1. The molecule has 1 saturated heterocycles. The van der Waals surface area contributed by atoms with Gasteiger partial charge in [0, 0.05) is 48.9 Å². The Morgan fingerprint density at radius 1 is 1.12 bits per heavy atom. The summed E-state index contributed by atoms with van der Waals surface area (Å²) in [5, 5.41) is 2.97. The largest absolute Gasteiger partial charge is 0.379 e. The van der Waals surface area contributed by atoms with Gasteiger partial charge in [-0.1, -0.05) is 0 Å². The van der Waals surface area contributed by atoms with E-state index in [-0.39, 0.29) is 29.1 Å². The number of amides is 1. The van der Waals surface area contributed by atoms with Crippen LogP contribution in [0.2, 0.25) is 0 Å². The molecule has 3 aromatic rings. The van der Waals surface area contributed by atoms with Gasteiger partial charge in [-0.3, -0.25) is 14.4 Å². The minimum absolute atomic E-state index is 0.0209. The molecule has 1 amide bonds. The van der Waals surface area contributed by atoms with Gasteiger partial charge in [-0.05, 0) is 31.2 Å². The summed E-state index contributed by atoms with van der Waals surface area (Å²) in [5.74, 6) is -0.594. The first kappa shape index (κ1) is 21.9. The number of benzene rings is 1. The molecule has 0 radical (unpaired) electrons. The molecule has 168 valence electrons. The average molecular weight is 458 g/mol. The van der Waals surface area contributed by atoms with Gasteiger partial charge in [0.15, 0.2) is 0 Å². The summed E-state index contributed by atoms with van der Waals surface area (Å²) in [6, 6.07) is 8.19. The molecule has 2 aromatic heterocycles. The van der Waals surface area contributed by atoms with E-state index < -0.39 is 21.5 Å². The van der Waals surface area contributed by atoms with E-state index in [4.69, 9.17) is 4.74 Å². The van der Waals surface area contributed by atoms with E-state index >= 15 is 0 Å². The number of anilines is 1. The molecule has 1 aromatic carbocycles. The van der Waals surface area contributed by atoms with E-state index in [2.05, 4.69) is 10.3 Å². The van der Waals surface area contributed by atoms with Gasteiger partial charge in [-0.15, -0.1) is 0 Å². The van der Waals surface area contributed by atoms with Crippen LogP contribution >= 0.6 is 0 Å². The summed E-state index contributed by atoms with van der Waals surface area (Å²) in [6.07, 6.45) is 1.50. The lowest BCUT2D eigenvalue weighted by Crippen LogP contribution is -2.40. The Labute approximate surface area is 183 Å². The normalized spacial score (nSPS) is 15.0. The molecule has 1 aliphatic heterocycles. The standard InChI is InChI=1S/C21H22N4O6S/c1-2-24-13-14(3-6-20(24)27)22-21(28)17-12-19(26)23-18-5-4-15(11-16(17)18)32(29,30)25-7-9-31-10-8-25/h3-6,11-13H,2,7-10H2,1H3,(H,22,28)(H,23,26). The third-order valence-electron chi connectivity index (χ3n) is 5.25. The van der Waals surface area contributed by atoms with Gasteiger partial charge in [0.25, 0.3) is 11.5 Å². The molecule has 2 N–H and O–H groups in total. The van der Waals surface area contributed by atoms with Crippen LogP contribution in [-0.4, -0.2) is 54.5 Å². The molecule has 0 bridgehead atoms. The highest BCUT2D eigenvalue weighted by atomic mass is 32.2. The average Bonchev–Trinajstić information content (AvgIpc) is 2.79. The highest BCUT2D eigenvalue weighted by Gasteiger charge is 2.27. The van der Waals surface area contributed by atoms with Crippen LogP contribution in [-0.2, 0) is 21.3 Å². The Morgan fingerprint density at radius 2 is 1.88 bits per heavy atom. The number of ether oxygens (including phenoxy) is 1. The second-order valence-corrected chi connectivity index (χ2v) is 9.21. The zero-order chi connectivity index (χ0) is 22.9. The number of nitrogens with zero attached hydrogens (tertiary/aromatic N) is 2. The van der Waals surface area contributed by atoms with Gasteiger partial charge in [0.2, 0.25) is 15.6 Å². The molecule has 0 spiro atoms.